The van der Waals surface area contributed by atoms with Gasteiger partial charge in [-0.05, 0) is 25.0 Å². The summed E-state index contributed by atoms with van der Waals surface area (Å²) in [6.07, 6.45) is 3.61. The molecule has 0 atom stereocenters. The second-order valence-corrected chi connectivity index (χ2v) is 7.98. The Balaban J connectivity index is 1.72. The van der Waals surface area contributed by atoms with Gasteiger partial charge in [-0.1, -0.05) is 37.8 Å². The van der Waals surface area contributed by atoms with Crippen molar-refractivity contribution in [1.82, 2.24) is 14.7 Å². The zero-order chi connectivity index (χ0) is 19.7. The molecule has 0 bridgehead atoms. The number of nitrogens with zero attached hydrogens (tertiary/aromatic N) is 2. The molecule has 1 saturated carbocycles. The van der Waals surface area contributed by atoms with Crippen LogP contribution in [-0.2, 0) is 6.18 Å². The van der Waals surface area contributed by atoms with Crippen LogP contribution in [0.1, 0.15) is 54.6 Å². The third-order valence-corrected chi connectivity index (χ3v) is 5.89. The van der Waals surface area contributed by atoms with Gasteiger partial charge in [-0.15, -0.1) is 11.3 Å². The molecule has 2 aromatic heterocycles. The Kier molecular flexibility index (Phi) is 5.14. The maximum Gasteiger partial charge on any atom is 0.416 e. The van der Waals surface area contributed by atoms with Crippen molar-refractivity contribution in [2.45, 2.75) is 50.7 Å². The lowest BCUT2D eigenvalue weighted by Crippen LogP contribution is -2.34. The van der Waals surface area contributed by atoms with E-state index in [0.717, 1.165) is 37.8 Å². The average Bonchev–Trinajstić information content (AvgIpc) is 3.15. The highest BCUT2D eigenvalue weighted by atomic mass is 32.1. The van der Waals surface area contributed by atoms with Gasteiger partial charge in [0.15, 0.2) is 10.7 Å². The van der Waals surface area contributed by atoms with Crippen molar-refractivity contribution in [1.29, 1.82) is 0 Å². The number of halogens is 3. The molecule has 0 saturated heterocycles. The summed E-state index contributed by atoms with van der Waals surface area (Å²) in [5.41, 5.74) is 0.154. The SMILES string of the molecule is O=C(NC1CCCCCC1)c1nc2sccn2c1-c1cccc(C(F)(F)F)c1. The fourth-order valence-corrected chi connectivity index (χ4v) is 4.45. The number of nitrogens with one attached hydrogen (secondary N) is 1. The molecule has 0 unspecified atom stereocenters. The standard InChI is InChI=1S/C20H20F3N3OS/c21-20(22,23)14-7-5-6-13(12-14)17-16(25-19-26(17)10-11-28-19)18(27)24-15-8-3-1-2-4-9-15/h5-7,10-12,15H,1-4,8-9H2,(H,24,27). The van der Waals surface area contributed by atoms with E-state index >= 15 is 0 Å². The predicted octanol–water partition coefficient (Wildman–Crippen LogP) is 5.53. The van der Waals surface area contributed by atoms with E-state index in [4.69, 9.17) is 0 Å². The Hall–Kier alpha value is -2.35. The van der Waals surface area contributed by atoms with Crippen molar-refractivity contribution < 1.29 is 18.0 Å². The number of benzene rings is 1. The van der Waals surface area contributed by atoms with Crippen molar-refractivity contribution in [3.63, 3.8) is 0 Å². The fourth-order valence-electron chi connectivity index (χ4n) is 3.74. The zero-order valence-electron chi connectivity index (χ0n) is 15.1. The maximum absolute atomic E-state index is 13.2. The van der Waals surface area contributed by atoms with Gasteiger partial charge in [0.05, 0.1) is 11.3 Å². The van der Waals surface area contributed by atoms with Crippen LogP contribution in [0.2, 0.25) is 0 Å². The number of thiazole rings is 1. The first-order chi connectivity index (χ1) is 13.4. The minimum atomic E-state index is -4.45. The van der Waals surface area contributed by atoms with E-state index in [1.54, 1.807) is 22.0 Å². The summed E-state index contributed by atoms with van der Waals surface area (Å²) in [5, 5.41) is 4.85. The summed E-state index contributed by atoms with van der Waals surface area (Å²) < 4.78 is 41.2. The summed E-state index contributed by atoms with van der Waals surface area (Å²) in [6.45, 7) is 0. The van der Waals surface area contributed by atoms with Gasteiger partial charge in [0.25, 0.3) is 5.91 Å². The number of carbonyl (C=O) groups excluding carboxylic acids is 1. The number of alkyl halides is 3. The van der Waals surface area contributed by atoms with Crippen LogP contribution >= 0.6 is 11.3 Å². The van der Waals surface area contributed by atoms with Gasteiger partial charge >= 0.3 is 6.18 Å². The van der Waals surface area contributed by atoms with E-state index in [2.05, 4.69) is 10.3 Å². The zero-order valence-corrected chi connectivity index (χ0v) is 15.9. The third kappa shape index (κ3) is 3.78. The molecule has 2 heterocycles. The highest BCUT2D eigenvalue weighted by molar-refractivity contribution is 7.15. The lowest BCUT2D eigenvalue weighted by molar-refractivity contribution is -0.137. The molecule has 0 spiro atoms. The number of rotatable bonds is 3. The first-order valence-corrected chi connectivity index (χ1v) is 10.3. The monoisotopic (exact) mass is 407 g/mol. The second kappa shape index (κ2) is 7.58. The molecule has 1 N–H and O–H groups in total. The van der Waals surface area contributed by atoms with Crippen LogP contribution in [0.5, 0.6) is 0 Å². The van der Waals surface area contributed by atoms with Crippen molar-refractivity contribution in [3.8, 4) is 11.3 Å². The molecule has 1 aliphatic rings. The molecule has 1 fully saturated rings. The maximum atomic E-state index is 13.2. The third-order valence-electron chi connectivity index (χ3n) is 5.13. The summed E-state index contributed by atoms with van der Waals surface area (Å²) in [4.78, 5) is 18.0. The molecule has 148 valence electrons. The Bertz CT molecular complexity index is 984. The van der Waals surface area contributed by atoms with E-state index in [-0.39, 0.29) is 17.6 Å². The molecule has 0 radical (unpaired) electrons. The molecule has 1 aromatic carbocycles. The van der Waals surface area contributed by atoms with Crippen LogP contribution in [0.25, 0.3) is 16.2 Å². The Morgan fingerprint density at radius 1 is 1.18 bits per heavy atom. The molecule has 1 amide bonds. The molecule has 4 nitrogen and oxygen atoms in total. The smallest absolute Gasteiger partial charge is 0.348 e. The number of carbonyl (C=O) groups is 1. The van der Waals surface area contributed by atoms with Crippen LogP contribution < -0.4 is 5.32 Å². The quantitative estimate of drug-likeness (QED) is 0.580. The highest BCUT2D eigenvalue weighted by Crippen LogP contribution is 2.34. The predicted molar refractivity (Wildman–Crippen MR) is 102 cm³/mol. The van der Waals surface area contributed by atoms with Crippen molar-refractivity contribution >= 4 is 22.2 Å². The molecule has 8 heteroatoms. The van der Waals surface area contributed by atoms with Crippen molar-refractivity contribution in [2.24, 2.45) is 0 Å². The molecule has 28 heavy (non-hydrogen) atoms. The number of fused-ring (bicyclic) bond motifs is 1. The first kappa shape index (κ1) is 19.0. The summed E-state index contributed by atoms with van der Waals surface area (Å²) in [7, 11) is 0. The van der Waals surface area contributed by atoms with Crippen LogP contribution in [-0.4, -0.2) is 21.3 Å². The minimum Gasteiger partial charge on any atom is -0.348 e. The van der Waals surface area contributed by atoms with Gasteiger partial charge in [-0.3, -0.25) is 9.20 Å². The molecular formula is C20H20F3N3OS. The molecule has 3 aromatic rings. The van der Waals surface area contributed by atoms with Crippen LogP contribution in [0.3, 0.4) is 0 Å². The van der Waals surface area contributed by atoms with E-state index in [1.165, 1.54) is 30.2 Å². The van der Waals surface area contributed by atoms with Crippen molar-refractivity contribution in [3.05, 3.63) is 47.1 Å². The van der Waals surface area contributed by atoms with Gasteiger partial charge < -0.3 is 5.32 Å². The van der Waals surface area contributed by atoms with Crippen LogP contribution in [0, 0.1) is 0 Å². The Labute approximate surface area is 164 Å². The summed E-state index contributed by atoms with van der Waals surface area (Å²) in [5.74, 6) is -0.324. The van der Waals surface area contributed by atoms with Gasteiger partial charge in [-0.2, -0.15) is 13.2 Å². The second-order valence-electron chi connectivity index (χ2n) is 7.11. The Morgan fingerprint density at radius 3 is 2.64 bits per heavy atom. The number of aromatic nitrogens is 2. The largest absolute Gasteiger partial charge is 0.416 e. The van der Waals surface area contributed by atoms with E-state index in [9.17, 15) is 18.0 Å². The van der Waals surface area contributed by atoms with Gasteiger partial charge in [0, 0.05) is 23.2 Å². The topological polar surface area (TPSA) is 46.4 Å². The van der Waals surface area contributed by atoms with Crippen LogP contribution in [0.15, 0.2) is 35.8 Å². The van der Waals surface area contributed by atoms with E-state index in [0.29, 0.717) is 16.2 Å². The number of hydrogen-bond donors (Lipinski definition) is 1. The summed E-state index contributed by atoms with van der Waals surface area (Å²) in [6, 6.07) is 5.13. The van der Waals surface area contributed by atoms with Crippen LogP contribution in [0.4, 0.5) is 13.2 Å². The number of imidazole rings is 1. The van der Waals surface area contributed by atoms with Crippen molar-refractivity contribution in [2.75, 3.05) is 0 Å². The number of hydrogen-bond acceptors (Lipinski definition) is 3. The molecular weight excluding hydrogens is 387 g/mol. The normalized spacial score (nSPS) is 16.2. The van der Waals surface area contributed by atoms with E-state index < -0.39 is 11.7 Å². The van der Waals surface area contributed by atoms with Gasteiger partial charge in [-0.25, -0.2) is 4.98 Å². The van der Waals surface area contributed by atoms with E-state index in [1.807, 2.05) is 0 Å². The average molecular weight is 407 g/mol. The van der Waals surface area contributed by atoms with Gasteiger partial charge in [0.1, 0.15) is 0 Å². The highest BCUT2D eigenvalue weighted by Gasteiger charge is 2.31. The first-order valence-electron chi connectivity index (χ1n) is 9.37. The lowest BCUT2D eigenvalue weighted by atomic mass is 10.0. The summed E-state index contributed by atoms with van der Waals surface area (Å²) >= 11 is 1.34. The molecule has 4 rings (SSSR count). The fraction of sp³-hybridized carbons (Fsp3) is 0.400. The molecule has 1 aliphatic carbocycles. The van der Waals surface area contributed by atoms with Gasteiger partial charge in [0.2, 0.25) is 0 Å². The Morgan fingerprint density at radius 2 is 1.93 bits per heavy atom. The molecule has 0 aliphatic heterocycles. The number of amides is 1. The minimum absolute atomic E-state index is 0.0871. The lowest BCUT2D eigenvalue weighted by Gasteiger charge is -2.16.